The lowest BCUT2D eigenvalue weighted by molar-refractivity contribution is 0.143. The van der Waals surface area contributed by atoms with E-state index in [1.165, 1.54) is 0 Å². The molecular weight excluding hydrogens is 182 g/mol. The van der Waals surface area contributed by atoms with Gasteiger partial charge in [0.2, 0.25) is 5.89 Å². The second-order valence-corrected chi connectivity index (χ2v) is 2.94. The van der Waals surface area contributed by atoms with Crippen LogP contribution in [0, 0.1) is 0 Å². The van der Waals surface area contributed by atoms with Gasteiger partial charge in [-0.05, 0) is 20.4 Å². The molecule has 1 heterocycles. The van der Waals surface area contributed by atoms with Crippen LogP contribution in [0.15, 0.2) is 4.52 Å². The first-order chi connectivity index (χ1) is 6.86. The van der Waals surface area contributed by atoms with Crippen molar-refractivity contribution in [2.45, 2.75) is 26.3 Å². The summed E-state index contributed by atoms with van der Waals surface area (Å²) in [5.41, 5.74) is 0. The summed E-state index contributed by atoms with van der Waals surface area (Å²) in [6.45, 7) is 4.14. The molecule has 0 unspecified atom stereocenters. The van der Waals surface area contributed by atoms with E-state index < -0.39 is 0 Å². The van der Waals surface area contributed by atoms with Gasteiger partial charge >= 0.3 is 0 Å². The molecule has 0 radical (unpaired) electrons. The molecule has 14 heavy (non-hydrogen) atoms. The van der Waals surface area contributed by atoms with E-state index >= 15 is 0 Å². The molecule has 5 nitrogen and oxygen atoms in total. The summed E-state index contributed by atoms with van der Waals surface area (Å²) in [5, 5.41) is 6.78. The van der Waals surface area contributed by atoms with Gasteiger partial charge in [0.1, 0.15) is 0 Å². The van der Waals surface area contributed by atoms with E-state index in [0.717, 1.165) is 26.1 Å². The van der Waals surface area contributed by atoms with Gasteiger partial charge in [0.15, 0.2) is 5.82 Å². The van der Waals surface area contributed by atoms with Gasteiger partial charge in [0.25, 0.3) is 0 Å². The van der Waals surface area contributed by atoms with Gasteiger partial charge in [-0.15, -0.1) is 0 Å². The fourth-order valence-electron chi connectivity index (χ4n) is 1.09. The zero-order valence-corrected chi connectivity index (χ0v) is 8.75. The second kappa shape index (κ2) is 6.50. The summed E-state index contributed by atoms with van der Waals surface area (Å²) in [4.78, 5) is 4.20. The van der Waals surface area contributed by atoms with Crippen LogP contribution in [0.25, 0.3) is 0 Å². The quantitative estimate of drug-likeness (QED) is 0.657. The zero-order valence-electron chi connectivity index (χ0n) is 8.75. The molecule has 0 aliphatic heterocycles. The van der Waals surface area contributed by atoms with Crippen molar-refractivity contribution in [1.29, 1.82) is 0 Å². The number of ether oxygens (including phenoxy) is 1. The summed E-state index contributed by atoms with van der Waals surface area (Å²) in [6, 6.07) is 0. The van der Waals surface area contributed by atoms with Crippen LogP contribution in [0.5, 0.6) is 0 Å². The number of hydrogen-bond donors (Lipinski definition) is 1. The van der Waals surface area contributed by atoms with Crippen LogP contribution in [-0.2, 0) is 17.7 Å². The number of aryl methyl sites for hydroxylation is 1. The first-order valence-corrected chi connectivity index (χ1v) is 4.90. The van der Waals surface area contributed by atoms with E-state index in [1.807, 2.05) is 14.0 Å². The Morgan fingerprint density at radius 1 is 1.50 bits per heavy atom. The monoisotopic (exact) mass is 199 g/mol. The molecule has 0 aromatic carbocycles. The van der Waals surface area contributed by atoms with Crippen molar-refractivity contribution in [1.82, 2.24) is 15.5 Å². The molecule has 1 rings (SSSR count). The largest absolute Gasteiger partial charge is 0.382 e. The smallest absolute Gasteiger partial charge is 0.226 e. The molecule has 1 aromatic heterocycles. The standard InChI is InChI=1S/C9H17N3O2/c1-3-13-6-4-5-9-11-8(7-10-2)12-14-9/h10H,3-7H2,1-2H3. The molecule has 0 saturated carbocycles. The number of nitrogens with zero attached hydrogens (tertiary/aromatic N) is 2. The Balaban J connectivity index is 2.22. The number of nitrogens with one attached hydrogen (secondary N) is 1. The number of rotatable bonds is 7. The molecule has 0 spiro atoms. The third-order valence-electron chi connectivity index (χ3n) is 1.73. The van der Waals surface area contributed by atoms with Gasteiger partial charge in [-0.25, -0.2) is 0 Å². The lowest BCUT2D eigenvalue weighted by atomic mass is 10.3. The van der Waals surface area contributed by atoms with Crippen LogP contribution < -0.4 is 5.32 Å². The Bertz CT molecular complexity index is 250. The highest BCUT2D eigenvalue weighted by molar-refractivity contribution is 4.85. The molecule has 5 heteroatoms. The van der Waals surface area contributed by atoms with E-state index in [4.69, 9.17) is 9.26 Å². The fraction of sp³-hybridized carbons (Fsp3) is 0.778. The molecule has 0 saturated heterocycles. The van der Waals surface area contributed by atoms with Crippen LogP contribution in [0.1, 0.15) is 25.1 Å². The van der Waals surface area contributed by atoms with Gasteiger partial charge in [0, 0.05) is 19.6 Å². The van der Waals surface area contributed by atoms with E-state index in [1.54, 1.807) is 0 Å². The highest BCUT2D eigenvalue weighted by Crippen LogP contribution is 2.00. The minimum Gasteiger partial charge on any atom is -0.382 e. The molecule has 0 fully saturated rings. The molecule has 0 aliphatic carbocycles. The molecule has 80 valence electrons. The second-order valence-electron chi connectivity index (χ2n) is 2.94. The third-order valence-corrected chi connectivity index (χ3v) is 1.73. The zero-order chi connectivity index (χ0) is 10.2. The predicted octanol–water partition coefficient (Wildman–Crippen LogP) is 0.758. The van der Waals surface area contributed by atoms with Gasteiger partial charge in [-0.2, -0.15) is 4.98 Å². The summed E-state index contributed by atoms with van der Waals surface area (Å²) in [5.74, 6) is 1.40. The molecule has 0 amide bonds. The first kappa shape index (κ1) is 11.1. The maximum absolute atomic E-state index is 5.21. The van der Waals surface area contributed by atoms with E-state index in [9.17, 15) is 0 Å². The first-order valence-electron chi connectivity index (χ1n) is 4.90. The van der Waals surface area contributed by atoms with E-state index in [2.05, 4.69) is 15.5 Å². The average molecular weight is 199 g/mol. The maximum Gasteiger partial charge on any atom is 0.226 e. The summed E-state index contributed by atoms with van der Waals surface area (Å²) in [7, 11) is 1.85. The van der Waals surface area contributed by atoms with Crippen LogP contribution in [0.4, 0.5) is 0 Å². The van der Waals surface area contributed by atoms with Crippen LogP contribution in [0.3, 0.4) is 0 Å². The Kier molecular flexibility index (Phi) is 5.17. The van der Waals surface area contributed by atoms with Crippen molar-refractivity contribution < 1.29 is 9.26 Å². The predicted molar refractivity (Wildman–Crippen MR) is 51.9 cm³/mol. The van der Waals surface area contributed by atoms with Crippen molar-refractivity contribution in [3.8, 4) is 0 Å². The Morgan fingerprint density at radius 3 is 3.07 bits per heavy atom. The topological polar surface area (TPSA) is 60.2 Å². The molecule has 0 bridgehead atoms. The van der Waals surface area contributed by atoms with Crippen molar-refractivity contribution in [3.05, 3.63) is 11.7 Å². The van der Waals surface area contributed by atoms with Gasteiger partial charge < -0.3 is 14.6 Å². The van der Waals surface area contributed by atoms with E-state index in [-0.39, 0.29) is 0 Å². The third kappa shape index (κ3) is 3.85. The fourth-order valence-corrected chi connectivity index (χ4v) is 1.09. The Morgan fingerprint density at radius 2 is 2.36 bits per heavy atom. The summed E-state index contributed by atoms with van der Waals surface area (Å²) in [6.07, 6.45) is 1.71. The average Bonchev–Trinajstić information content (AvgIpc) is 2.61. The normalized spacial score (nSPS) is 10.7. The minimum absolute atomic E-state index is 0.648. The molecule has 0 atom stereocenters. The van der Waals surface area contributed by atoms with Crippen LogP contribution >= 0.6 is 0 Å². The molecule has 0 aliphatic rings. The lowest BCUT2D eigenvalue weighted by Crippen LogP contribution is -2.06. The maximum atomic E-state index is 5.21. The number of aromatic nitrogens is 2. The van der Waals surface area contributed by atoms with Crippen molar-refractivity contribution in [3.63, 3.8) is 0 Å². The summed E-state index contributed by atoms with van der Waals surface area (Å²) < 4.78 is 10.2. The molecular formula is C9H17N3O2. The van der Waals surface area contributed by atoms with Crippen LogP contribution in [0.2, 0.25) is 0 Å². The van der Waals surface area contributed by atoms with Gasteiger partial charge in [0.05, 0.1) is 6.54 Å². The Hall–Kier alpha value is -0.940. The summed E-state index contributed by atoms with van der Waals surface area (Å²) >= 11 is 0. The van der Waals surface area contributed by atoms with Crippen molar-refractivity contribution in [2.75, 3.05) is 20.3 Å². The minimum atomic E-state index is 0.648. The number of hydrogen-bond acceptors (Lipinski definition) is 5. The highest BCUT2D eigenvalue weighted by Gasteiger charge is 2.04. The highest BCUT2D eigenvalue weighted by atomic mass is 16.5. The van der Waals surface area contributed by atoms with E-state index in [0.29, 0.717) is 18.3 Å². The van der Waals surface area contributed by atoms with Crippen molar-refractivity contribution in [2.24, 2.45) is 0 Å². The van der Waals surface area contributed by atoms with Crippen molar-refractivity contribution >= 4 is 0 Å². The lowest BCUT2D eigenvalue weighted by Gasteiger charge is -1.96. The van der Waals surface area contributed by atoms with Gasteiger partial charge in [-0.3, -0.25) is 0 Å². The SMILES string of the molecule is CCOCCCc1nc(CNC)no1. The molecule has 1 aromatic rings. The van der Waals surface area contributed by atoms with Gasteiger partial charge in [-0.1, -0.05) is 5.16 Å². The molecule has 1 N–H and O–H groups in total. The van der Waals surface area contributed by atoms with Crippen LogP contribution in [-0.4, -0.2) is 30.4 Å². The Labute approximate surface area is 83.8 Å².